The maximum atomic E-state index is 14.2. The third-order valence-corrected chi connectivity index (χ3v) is 9.70. The third kappa shape index (κ3) is 8.20. The van der Waals surface area contributed by atoms with Gasteiger partial charge in [-0.05, 0) is 55.5 Å². The Bertz CT molecular complexity index is 1360. The molecule has 11 heteroatoms. The van der Waals surface area contributed by atoms with E-state index in [1.54, 1.807) is 21.9 Å². The number of hydrogen-bond donors (Lipinski definition) is 3. The number of likely N-dealkylation sites (tertiary alicyclic amines) is 1. The molecule has 46 heavy (non-hydrogen) atoms. The number of nitrogens with one attached hydrogen (secondary N) is 3. The van der Waals surface area contributed by atoms with Crippen molar-refractivity contribution in [1.29, 1.82) is 0 Å². The molecule has 3 fully saturated rings. The van der Waals surface area contributed by atoms with Gasteiger partial charge in [-0.3, -0.25) is 19.2 Å². The second kappa shape index (κ2) is 15.3. The van der Waals surface area contributed by atoms with Gasteiger partial charge in [-0.2, -0.15) is 0 Å². The number of carbonyl (C=O) groups is 4. The van der Waals surface area contributed by atoms with Gasteiger partial charge in [-0.15, -0.1) is 0 Å². The SMILES string of the molecule is CC(C)NCC(=O)NC(Cc1ccc(Cl)cc1)C(=O)N1CCC2(CC1)C(=O)N(CC(=O)NC1CCCCC1)CN2c1ccccc1. The topological polar surface area (TPSA) is 114 Å². The molecule has 1 saturated carbocycles. The molecule has 1 spiro atoms. The van der Waals surface area contributed by atoms with Crippen LogP contribution in [0.1, 0.15) is 64.4 Å². The molecule has 0 aromatic heterocycles. The number of carbonyl (C=O) groups excluding carboxylic acids is 4. The molecule has 4 amide bonds. The number of nitrogens with zero attached hydrogens (tertiary/aromatic N) is 3. The van der Waals surface area contributed by atoms with Crippen LogP contribution in [0.15, 0.2) is 54.6 Å². The van der Waals surface area contributed by atoms with Crippen molar-refractivity contribution in [2.24, 2.45) is 0 Å². The minimum absolute atomic E-state index is 0.0165. The van der Waals surface area contributed by atoms with Crippen molar-refractivity contribution in [3.8, 4) is 0 Å². The number of anilines is 1. The zero-order valence-electron chi connectivity index (χ0n) is 27.0. The third-order valence-electron chi connectivity index (χ3n) is 9.45. The first kappa shape index (κ1) is 33.7. The van der Waals surface area contributed by atoms with Crippen molar-refractivity contribution in [2.75, 3.05) is 37.7 Å². The van der Waals surface area contributed by atoms with Crippen LogP contribution in [-0.2, 0) is 25.6 Å². The smallest absolute Gasteiger partial charge is 0.250 e. The lowest BCUT2D eigenvalue weighted by Gasteiger charge is -2.44. The first-order valence-corrected chi connectivity index (χ1v) is 17.0. The molecular formula is C35H47ClN6O4. The summed E-state index contributed by atoms with van der Waals surface area (Å²) in [5.41, 5.74) is 0.937. The van der Waals surface area contributed by atoms with Crippen LogP contribution in [0, 0.1) is 0 Å². The molecule has 1 aliphatic carbocycles. The Kier molecular flexibility index (Phi) is 11.2. The van der Waals surface area contributed by atoms with Crippen LogP contribution >= 0.6 is 11.6 Å². The molecule has 2 saturated heterocycles. The zero-order chi connectivity index (χ0) is 32.7. The Morgan fingerprint density at radius 1 is 0.935 bits per heavy atom. The Hall–Kier alpha value is -3.63. The maximum absolute atomic E-state index is 14.2. The van der Waals surface area contributed by atoms with Crippen LogP contribution < -0.4 is 20.9 Å². The van der Waals surface area contributed by atoms with Gasteiger partial charge in [0.05, 0.1) is 13.2 Å². The highest BCUT2D eigenvalue weighted by molar-refractivity contribution is 6.30. The Labute approximate surface area is 277 Å². The number of piperidine rings is 1. The number of hydrogen-bond acceptors (Lipinski definition) is 6. The molecule has 0 bridgehead atoms. The average Bonchev–Trinajstić information content (AvgIpc) is 3.31. The number of rotatable bonds is 11. The minimum Gasteiger partial charge on any atom is -0.352 e. The minimum atomic E-state index is -0.862. The highest BCUT2D eigenvalue weighted by Gasteiger charge is 2.54. The van der Waals surface area contributed by atoms with E-state index in [0.717, 1.165) is 36.9 Å². The van der Waals surface area contributed by atoms with Crippen LogP contribution in [0.5, 0.6) is 0 Å². The van der Waals surface area contributed by atoms with E-state index in [1.165, 1.54) is 6.42 Å². The second-order valence-corrected chi connectivity index (χ2v) is 13.6. The van der Waals surface area contributed by atoms with Crippen LogP contribution in [0.25, 0.3) is 0 Å². The van der Waals surface area contributed by atoms with Crippen LogP contribution in [0.4, 0.5) is 5.69 Å². The Morgan fingerprint density at radius 2 is 1.61 bits per heavy atom. The number of para-hydroxylation sites is 1. The summed E-state index contributed by atoms with van der Waals surface area (Å²) in [7, 11) is 0. The van der Waals surface area contributed by atoms with Gasteiger partial charge in [-0.1, -0.05) is 75.0 Å². The van der Waals surface area contributed by atoms with Gasteiger partial charge in [0, 0.05) is 42.3 Å². The van der Waals surface area contributed by atoms with E-state index >= 15 is 0 Å². The van der Waals surface area contributed by atoms with E-state index in [1.807, 2.05) is 56.3 Å². The summed E-state index contributed by atoms with van der Waals surface area (Å²) in [6.07, 6.45) is 6.57. The summed E-state index contributed by atoms with van der Waals surface area (Å²) in [5, 5.41) is 9.80. The number of halogens is 1. The Morgan fingerprint density at radius 3 is 2.26 bits per heavy atom. The monoisotopic (exact) mass is 650 g/mol. The standard InChI is InChI=1S/C35H47ClN6O4/c1-25(2)37-22-31(43)39-30(21-26-13-15-27(36)16-14-26)33(45)40-19-17-35(18-20-40)34(46)41(24-42(35)29-11-7-4-8-12-29)23-32(44)38-28-9-5-3-6-10-28/h4,7-8,11-16,25,28,30,37H,3,5-6,9-10,17-24H2,1-2H3,(H,38,44)(H,39,43). The molecule has 1 atom stereocenters. The van der Waals surface area contributed by atoms with E-state index in [9.17, 15) is 19.2 Å². The fourth-order valence-corrected chi connectivity index (χ4v) is 7.06. The first-order chi connectivity index (χ1) is 22.1. The van der Waals surface area contributed by atoms with Gasteiger partial charge in [-0.25, -0.2) is 0 Å². The normalized spacial score (nSPS) is 19.0. The first-order valence-electron chi connectivity index (χ1n) is 16.6. The molecule has 3 aliphatic rings. The molecule has 0 radical (unpaired) electrons. The van der Waals surface area contributed by atoms with Gasteiger partial charge in [0.1, 0.15) is 18.1 Å². The molecule has 248 valence electrons. The average molecular weight is 651 g/mol. The van der Waals surface area contributed by atoms with Crippen molar-refractivity contribution < 1.29 is 19.2 Å². The summed E-state index contributed by atoms with van der Waals surface area (Å²) in [5.74, 6) is -0.625. The molecule has 10 nitrogen and oxygen atoms in total. The lowest BCUT2D eigenvalue weighted by Crippen LogP contribution is -2.60. The highest BCUT2D eigenvalue weighted by Crippen LogP contribution is 2.39. The molecule has 5 rings (SSSR count). The molecule has 3 N–H and O–H groups in total. The zero-order valence-corrected chi connectivity index (χ0v) is 27.7. The lowest BCUT2D eigenvalue weighted by molar-refractivity contribution is -0.141. The van der Waals surface area contributed by atoms with Crippen molar-refractivity contribution in [2.45, 2.75) is 88.9 Å². The largest absolute Gasteiger partial charge is 0.352 e. The Balaban J connectivity index is 1.29. The fourth-order valence-electron chi connectivity index (χ4n) is 6.93. The summed E-state index contributed by atoms with van der Waals surface area (Å²) in [4.78, 5) is 59.6. The summed E-state index contributed by atoms with van der Waals surface area (Å²) < 4.78 is 0. The molecular weight excluding hydrogens is 604 g/mol. The number of benzene rings is 2. The van der Waals surface area contributed by atoms with E-state index in [2.05, 4.69) is 20.9 Å². The van der Waals surface area contributed by atoms with Crippen molar-refractivity contribution in [1.82, 2.24) is 25.8 Å². The van der Waals surface area contributed by atoms with Crippen molar-refractivity contribution in [3.05, 3.63) is 65.2 Å². The summed E-state index contributed by atoms with van der Waals surface area (Å²) in [6.45, 7) is 5.06. The van der Waals surface area contributed by atoms with E-state index in [4.69, 9.17) is 11.6 Å². The molecule has 1 unspecified atom stereocenters. The van der Waals surface area contributed by atoms with Crippen molar-refractivity contribution >= 4 is 40.9 Å². The van der Waals surface area contributed by atoms with Crippen molar-refractivity contribution in [3.63, 3.8) is 0 Å². The van der Waals surface area contributed by atoms with Crippen LogP contribution in [0.2, 0.25) is 5.02 Å². The van der Waals surface area contributed by atoms with Crippen LogP contribution in [0.3, 0.4) is 0 Å². The fraction of sp³-hybridized carbons (Fsp3) is 0.543. The van der Waals surface area contributed by atoms with E-state index in [0.29, 0.717) is 44.0 Å². The molecule has 2 aliphatic heterocycles. The van der Waals surface area contributed by atoms with Gasteiger partial charge in [0.15, 0.2) is 0 Å². The van der Waals surface area contributed by atoms with Gasteiger partial charge in [0.2, 0.25) is 17.7 Å². The molecule has 2 heterocycles. The van der Waals surface area contributed by atoms with Gasteiger partial charge >= 0.3 is 0 Å². The van der Waals surface area contributed by atoms with Gasteiger partial charge in [0.25, 0.3) is 5.91 Å². The predicted octanol–water partition coefficient (Wildman–Crippen LogP) is 3.48. The summed E-state index contributed by atoms with van der Waals surface area (Å²) >= 11 is 6.09. The van der Waals surface area contributed by atoms with Crippen LogP contribution in [-0.4, -0.2) is 89.9 Å². The highest BCUT2D eigenvalue weighted by atomic mass is 35.5. The maximum Gasteiger partial charge on any atom is 0.250 e. The van der Waals surface area contributed by atoms with E-state index < -0.39 is 11.6 Å². The quantitative estimate of drug-likeness (QED) is 0.343. The van der Waals surface area contributed by atoms with Gasteiger partial charge < -0.3 is 30.7 Å². The molecule has 2 aromatic carbocycles. The number of amides is 4. The second-order valence-electron chi connectivity index (χ2n) is 13.2. The molecule has 2 aromatic rings. The van der Waals surface area contributed by atoms with E-state index in [-0.39, 0.29) is 48.8 Å². The summed E-state index contributed by atoms with van der Waals surface area (Å²) in [6, 6.07) is 16.6. The lowest BCUT2D eigenvalue weighted by atomic mass is 9.85. The predicted molar refractivity (Wildman–Crippen MR) is 179 cm³/mol.